The molecular weight excluding hydrogens is 1040 g/mol. The smallest absolute Gasteiger partial charge is 0.309 e. The summed E-state index contributed by atoms with van der Waals surface area (Å²) < 4.78 is 132. The van der Waals surface area contributed by atoms with E-state index in [9.17, 15) is 39.5 Å². The minimum Gasteiger partial charge on any atom is -0.309 e. The summed E-state index contributed by atoms with van der Waals surface area (Å²) in [6, 6.07) is 67.0. The predicted octanol–water partition coefficient (Wildman–Crippen LogP) is 20.0. The van der Waals surface area contributed by atoms with E-state index in [4.69, 9.17) is 9.97 Å². The number of fused-ring (bicyclic) bond motifs is 6. The van der Waals surface area contributed by atoms with Crippen LogP contribution in [-0.4, -0.2) is 19.1 Å². The quantitative estimate of drug-likeness (QED) is 0.142. The molecule has 0 amide bonds. The second-order valence-electron chi connectivity index (χ2n) is 20.0. The minimum atomic E-state index is -5.03. The Hall–Kier alpha value is -9.75. The van der Waals surface area contributed by atoms with E-state index >= 15 is 0 Å². The molecule has 13 rings (SSSR count). The van der Waals surface area contributed by atoms with E-state index in [0.29, 0.717) is 55.9 Å². The lowest BCUT2D eigenvalue weighted by Gasteiger charge is -2.20. The zero-order valence-corrected chi connectivity index (χ0v) is 42.6. The molecule has 0 bridgehead atoms. The molecule has 4 nitrogen and oxygen atoms in total. The van der Waals surface area contributed by atoms with Crippen molar-refractivity contribution in [3.63, 3.8) is 0 Å². The Labute approximate surface area is 457 Å². The van der Waals surface area contributed by atoms with Crippen LogP contribution in [0.25, 0.3) is 122 Å². The normalized spacial score (nSPS) is 12.3. The fourth-order valence-electron chi connectivity index (χ4n) is 11.1. The van der Waals surface area contributed by atoms with Crippen molar-refractivity contribution in [3.8, 4) is 78.7 Å². The van der Waals surface area contributed by atoms with Crippen LogP contribution >= 0.6 is 0 Å². The van der Waals surface area contributed by atoms with Crippen molar-refractivity contribution in [2.24, 2.45) is 0 Å². The van der Waals surface area contributed by atoms with Gasteiger partial charge in [0.05, 0.1) is 61.5 Å². The number of benzene rings is 10. The maximum atomic E-state index is 14.2. The summed E-state index contributed by atoms with van der Waals surface area (Å²) >= 11 is 0. The molecule has 10 aromatic carbocycles. The summed E-state index contributed by atoms with van der Waals surface area (Å²) in [7, 11) is 0. The third-order valence-electron chi connectivity index (χ3n) is 14.8. The molecule has 13 heteroatoms. The number of nitrogens with zero attached hydrogens (tertiary/aromatic N) is 4. The van der Waals surface area contributed by atoms with Crippen LogP contribution in [0.2, 0.25) is 0 Å². The highest BCUT2D eigenvalue weighted by atomic mass is 19.4. The van der Waals surface area contributed by atoms with Crippen LogP contribution in [-0.2, 0) is 18.5 Å². The van der Waals surface area contributed by atoms with E-state index in [1.54, 1.807) is 31.2 Å². The van der Waals surface area contributed by atoms with Gasteiger partial charge in [-0.15, -0.1) is 0 Å². The fraction of sp³-hybridized carbons (Fsp3) is 0.0588. The van der Waals surface area contributed by atoms with Crippen molar-refractivity contribution in [1.82, 2.24) is 19.1 Å². The number of halogens is 9. The van der Waals surface area contributed by atoms with Gasteiger partial charge in [0.2, 0.25) is 0 Å². The van der Waals surface area contributed by atoms with Gasteiger partial charge in [-0.05, 0) is 120 Å². The molecule has 0 N–H and O–H groups in total. The number of para-hydroxylation sites is 3. The van der Waals surface area contributed by atoms with E-state index in [-0.39, 0.29) is 17.2 Å². The second-order valence-corrected chi connectivity index (χ2v) is 20.0. The zero-order chi connectivity index (χ0) is 56.0. The molecular formula is C68H41F9N4. The SMILES string of the molecule is Cc1cc(-c2ccc3c(c2)c2ccccc2n3-c2cc(-c3cc(-c4ccccc4)nc(-c4ccccc4)n3)ccc2-c2ccccc2-n2c3ccccc3c3cc(-c4cc(C(F)(F)F)cc(C(F)(F)F)c4)ccc32)cc(C(F)(F)F)c1. The van der Waals surface area contributed by atoms with Crippen molar-refractivity contribution < 1.29 is 39.5 Å². The molecule has 0 aliphatic heterocycles. The monoisotopic (exact) mass is 1080 g/mol. The number of hydrogen-bond donors (Lipinski definition) is 0. The standard InChI is InChI=1S/C68H41F9N4/c1-40-30-46(32-48(31-40)66(69,70)71)43-25-29-63-56(35-43)53-20-10-13-23-61(53)81(63)64-37-45(58-39-57(41-14-4-2-5-15-41)78-65(79-58)42-16-6-3-7-17-42)24-27-54(64)51-18-8-11-21-59(51)80-60-22-12-9-19-52(60)55-36-44(26-28-62(55)80)47-33-49(67(72,73)74)38-50(34-47)68(75,76)77/h2-39H,1H3. The Morgan fingerprint density at radius 1 is 0.296 bits per heavy atom. The van der Waals surface area contributed by atoms with Gasteiger partial charge in [-0.25, -0.2) is 9.97 Å². The van der Waals surface area contributed by atoms with E-state index in [1.807, 2.05) is 174 Å². The molecule has 81 heavy (non-hydrogen) atoms. The number of rotatable bonds is 8. The fourth-order valence-corrected chi connectivity index (χ4v) is 11.1. The Morgan fingerprint density at radius 3 is 1.30 bits per heavy atom. The first-order valence-electron chi connectivity index (χ1n) is 25.7. The maximum Gasteiger partial charge on any atom is 0.416 e. The average Bonchev–Trinajstić information content (AvgIpc) is 3.83. The molecule has 0 aliphatic carbocycles. The topological polar surface area (TPSA) is 35.6 Å². The van der Waals surface area contributed by atoms with Gasteiger partial charge in [-0.1, -0.05) is 146 Å². The molecule has 0 aliphatic rings. The van der Waals surface area contributed by atoms with E-state index in [2.05, 4.69) is 10.6 Å². The van der Waals surface area contributed by atoms with Gasteiger partial charge in [-0.3, -0.25) is 0 Å². The summed E-state index contributed by atoms with van der Waals surface area (Å²) in [5.74, 6) is 0.514. The van der Waals surface area contributed by atoms with Crippen molar-refractivity contribution in [1.29, 1.82) is 0 Å². The van der Waals surface area contributed by atoms with Crippen LogP contribution in [0.1, 0.15) is 22.3 Å². The van der Waals surface area contributed by atoms with E-state index in [0.717, 1.165) is 79.0 Å². The molecule has 3 aromatic heterocycles. The average molecular weight is 1090 g/mol. The van der Waals surface area contributed by atoms with E-state index < -0.39 is 35.2 Å². The van der Waals surface area contributed by atoms with Crippen LogP contribution in [0.5, 0.6) is 0 Å². The number of alkyl halides is 9. The highest BCUT2D eigenvalue weighted by molar-refractivity contribution is 6.13. The van der Waals surface area contributed by atoms with Crippen molar-refractivity contribution in [3.05, 3.63) is 253 Å². The van der Waals surface area contributed by atoms with Gasteiger partial charge >= 0.3 is 18.5 Å². The van der Waals surface area contributed by atoms with Gasteiger partial charge in [0, 0.05) is 49.4 Å². The molecule has 396 valence electrons. The lowest BCUT2D eigenvalue weighted by molar-refractivity contribution is -0.143. The van der Waals surface area contributed by atoms with Gasteiger partial charge in [0.25, 0.3) is 0 Å². The first-order chi connectivity index (χ1) is 38.9. The summed E-state index contributed by atoms with van der Waals surface area (Å²) in [6.07, 6.45) is -14.6. The lowest BCUT2D eigenvalue weighted by Crippen LogP contribution is -2.11. The highest BCUT2D eigenvalue weighted by Crippen LogP contribution is 2.46. The van der Waals surface area contributed by atoms with Crippen LogP contribution in [0, 0.1) is 6.92 Å². The molecule has 13 aromatic rings. The molecule has 0 saturated heterocycles. The molecule has 0 unspecified atom stereocenters. The second kappa shape index (κ2) is 19.3. The minimum absolute atomic E-state index is 0.126. The molecule has 0 spiro atoms. The van der Waals surface area contributed by atoms with Crippen LogP contribution in [0.3, 0.4) is 0 Å². The Kier molecular flexibility index (Phi) is 12.1. The molecule has 0 atom stereocenters. The largest absolute Gasteiger partial charge is 0.416 e. The zero-order valence-electron chi connectivity index (χ0n) is 42.6. The number of aromatic nitrogens is 4. The summed E-state index contributed by atoms with van der Waals surface area (Å²) in [5.41, 5.74) is 7.57. The third kappa shape index (κ3) is 9.23. The van der Waals surface area contributed by atoms with Crippen LogP contribution < -0.4 is 0 Å². The summed E-state index contributed by atoms with van der Waals surface area (Å²) in [6.45, 7) is 1.64. The molecule has 0 fully saturated rings. The van der Waals surface area contributed by atoms with Gasteiger partial charge in [-0.2, -0.15) is 39.5 Å². The van der Waals surface area contributed by atoms with E-state index in [1.165, 1.54) is 6.07 Å². The predicted molar refractivity (Wildman–Crippen MR) is 303 cm³/mol. The Bertz CT molecular complexity index is 4520. The third-order valence-corrected chi connectivity index (χ3v) is 14.8. The maximum absolute atomic E-state index is 14.2. The van der Waals surface area contributed by atoms with Crippen LogP contribution in [0.15, 0.2) is 231 Å². The first-order valence-corrected chi connectivity index (χ1v) is 25.7. The van der Waals surface area contributed by atoms with Crippen molar-refractivity contribution in [2.75, 3.05) is 0 Å². The van der Waals surface area contributed by atoms with Gasteiger partial charge in [0.1, 0.15) is 0 Å². The number of aryl methyl sites for hydroxylation is 1. The molecule has 0 saturated carbocycles. The summed E-state index contributed by atoms with van der Waals surface area (Å²) in [4.78, 5) is 10.2. The van der Waals surface area contributed by atoms with Gasteiger partial charge < -0.3 is 9.13 Å². The molecule has 0 radical (unpaired) electrons. The van der Waals surface area contributed by atoms with Crippen LogP contribution in [0.4, 0.5) is 39.5 Å². The number of hydrogen-bond acceptors (Lipinski definition) is 2. The first kappa shape index (κ1) is 50.7. The van der Waals surface area contributed by atoms with Crippen molar-refractivity contribution >= 4 is 43.6 Å². The van der Waals surface area contributed by atoms with Gasteiger partial charge in [0.15, 0.2) is 5.82 Å². The Morgan fingerprint density at radius 2 is 0.728 bits per heavy atom. The molecule has 3 heterocycles. The summed E-state index contributed by atoms with van der Waals surface area (Å²) in [5, 5.41) is 2.96. The van der Waals surface area contributed by atoms with Crippen molar-refractivity contribution in [2.45, 2.75) is 25.5 Å². The highest BCUT2D eigenvalue weighted by Gasteiger charge is 2.37. The lowest BCUT2D eigenvalue weighted by atomic mass is 9.97. The Balaban J connectivity index is 1.06.